The number of amides is 2. The number of phenols is 1. The van der Waals surface area contributed by atoms with E-state index in [1.54, 1.807) is 30.3 Å². The molecule has 7 rings (SSSR count). The SMILES string of the molecule is CCC/C(=C\c1cccc(O)c1)CC[C@H]1OC[C@H]2C1=C(CO[Si](c1ccccc1)(c1ccccc1)C(C)(C)C)C[C@H]1C(=O)N(c3cccc(B(O)O)c3)C(=O)[C@H]12. The summed E-state index contributed by atoms with van der Waals surface area (Å²) in [5.74, 6) is -1.82. The number of hydrogen-bond donors (Lipinski definition) is 3. The Kier molecular flexibility index (Phi) is 11.7. The maximum atomic E-state index is 14.4. The first-order valence-electron chi connectivity index (χ1n) is 19.8. The highest BCUT2D eigenvalue weighted by molar-refractivity contribution is 6.99. The first-order chi connectivity index (χ1) is 26.9. The Hall–Kier alpha value is -4.58. The van der Waals surface area contributed by atoms with E-state index >= 15 is 0 Å². The summed E-state index contributed by atoms with van der Waals surface area (Å²) in [4.78, 5) is 30.1. The highest BCUT2D eigenvalue weighted by atomic mass is 28.4. The fourth-order valence-corrected chi connectivity index (χ4v) is 13.9. The molecule has 0 spiro atoms. The fourth-order valence-electron chi connectivity index (χ4n) is 9.40. The van der Waals surface area contributed by atoms with Crippen molar-refractivity contribution in [1.82, 2.24) is 0 Å². The average molecular weight is 770 g/mol. The molecule has 2 saturated heterocycles. The van der Waals surface area contributed by atoms with E-state index in [2.05, 4.69) is 82.3 Å². The van der Waals surface area contributed by atoms with Crippen molar-refractivity contribution in [3.63, 3.8) is 0 Å². The van der Waals surface area contributed by atoms with Gasteiger partial charge in [0.15, 0.2) is 0 Å². The fraction of sp³-hybridized carbons (Fsp3) is 0.348. The molecule has 4 aromatic carbocycles. The van der Waals surface area contributed by atoms with Crippen molar-refractivity contribution in [2.75, 3.05) is 18.1 Å². The normalized spacial score (nSPS) is 21.4. The van der Waals surface area contributed by atoms with Crippen LogP contribution in [0.5, 0.6) is 5.75 Å². The Balaban J connectivity index is 1.28. The zero-order valence-corrected chi connectivity index (χ0v) is 33.7. The number of nitrogens with zero attached hydrogens (tertiary/aromatic N) is 1. The number of anilines is 1. The van der Waals surface area contributed by atoms with Gasteiger partial charge in [-0.05, 0) is 87.5 Å². The number of allylic oxidation sites excluding steroid dienone is 1. The van der Waals surface area contributed by atoms with Gasteiger partial charge in [0.1, 0.15) is 5.75 Å². The molecular formula is C46H52BNO7Si. The van der Waals surface area contributed by atoms with E-state index in [1.165, 1.54) is 26.9 Å². The molecule has 2 amide bonds. The van der Waals surface area contributed by atoms with E-state index < -0.39 is 27.3 Å². The van der Waals surface area contributed by atoms with Crippen LogP contribution in [0.4, 0.5) is 5.69 Å². The number of fused-ring (bicyclic) bond motifs is 3. The summed E-state index contributed by atoms with van der Waals surface area (Å²) < 4.78 is 14.2. The van der Waals surface area contributed by atoms with E-state index in [-0.39, 0.29) is 40.1 Å². The van der Waals surface area contributed by atoms with Crippen molar-refractivity contribution in [1.29, 1.82) is 0 Å². The summed E-state index contributed by atoms with van der Waals surface area (Å²) in [6.07, 6.45) is 5.64. The van der Waals surface area contributed by atoms with Crippen molar-refractivity contribution in [3.05, 3.63) is 131 Å². The van der Waals surface area contributed by atoms with E-state index in [1.807, 2.05) is 24.3 Å². The van der Waals surface area contributed by atoms with Gasteiger partial charge in [0, 0.05) is 5.92 Å². The molecule has 2 aliphatic heterocycles. The van der Waals surface area contributed by atoms with Crippen LogP contribution in [0.1, 0.15) is 65.4 Å². The molecule has 10 heteroatoms. The number of imide groups is 1. The predicted octanol–water partition coefficient (Wildman–Crippen LogP) is 6.13. The molecule has 8 nitrogen and oxygen atoms in total. The van der Waals surface area contributed by atoms with E-state index in [9.17, 15) is 24.7 Å². The van der Waals surface area contributed by atoms with Gasteiger partial charge in [-0.15, -0.1) is 0 Å². The smallest absolute Gasteiger partial charge is 0.488 e. The minimum absolute atomic E-state index is 0.210. The molecule has 1 aliphatic carbocycles. The molecule has 0 radical (unpaired) electrons. The maximum Gasteiger partial charge on any atom is 0.488 e. The second-order valence-corrected chi connectivity index (χ2v) is 20.7. The van der Waals surface area contributed by atoms with E-state index in [0.717, 1.165) is 36.0 Å². The second kappa shape index (κ2) is 16.5. The lowest BCUT2D eigenvalue weighted by molar-refractivity contribution is -0.122. The van der Waals surface area contributed by atoms with Crippen molar-refractivity contribution in [2.24, 2.45) is 17.8 Å². The summed E-state index contributed by atoms with van der Waals surface area (Å²) in [7, 11) is -4.69. The third kappa shape index (κ3) is 7.61. The summed E-state index contributed by atoms with van der Waals surface area (Å²) in [5.41, 5.74) is 4.87. The standard InChI is InChI=1S/C46H52BNO7Si/c1-5-14-31(25-32-15-12-18-36(49)26-32)23-24-41-42-33(29-55-56(46(2,3)4,37-19-8-6-9-20-37)38-21-10-7-11-22-38)27-39-43(40(42)30-54-41)45(51)48(44(39)50)35-17-13-16-34(28-35)47(52)53/h6-13,15-22,25-26,28,39-41,43,49,52-53H,5,14,23-24,27,29-30H2,1-4H3/b31-25+/t39-,40+,41-,43-/m1/s1. The molecular weight excluding hydrogens is 717 g/mol. The lowest BCUT2D eigenvalue weighted by atomic mass is 9.69. The Morgan fingerprint density at radius 3 is 2.18 bits per heavy atom. The van der Waals surface area contributed by atoms with Crippen LogP contribution < -0.4 is 20.7 Å². The second-order valence-electron chi connectivity index (χ2n) is 16.4. The highest BCUT2D eigenvalue weighted by Gasteiger charge is 2.58. The van der Waals surface area contributed by atoms with Crippen LogP contribution >= 0.6 is 0 Å². The molecule has 0 unspecified atom stereocenters. The van der Waals surface area contributed by atoms with Gasteiger partial charge in [0.05, 0.1) is 36.8 Å². The molecule has 4 atom stereocenters. The molecule has 2 heterocycles. The number of benzene rings is 4. The van der Waals surface area contributed by atoms with Gasteiger partial charge in [0.25, 0.3) is 8.32 Å². The van der Waals surface area contributed by atoms with Gasteiger partial charge >= 0.3 is 7.12 Å². The molecule has 3 aliphatic rings. The molecule has 0 bridgehead atoms. The molecule has 0 aromatic heterocycles. The zero-order valence-electron chi connectivity index (χ0n) is 32.7. The van der Waals surface area contributed by atoms with Crippen LogP contribution in [0, 0.1) is 17.8 Å². The third-order valence-corrected chi connectivity index (χ3v) is 16.8. The number of ether oxygens (including phenoxy) is 1. The number of phenolic OH excluding ortho intramolecular Hbond substituents is 1. The Morgan fingerprint density at radius 2 is 1.55 bits per heavy atom. The van der Waals surface area contributed by atoms with Crippen LogP contribution in [0.25, 0.3) is 6.08 Å². The van der Waals surface area contributed by atoms with Crippen molar-refractivity contribution in [2.45, 2.75) is 70.9 Å². The molecule has 56 heavy (non-hydrogen) atoms. The average Bonchev–Trinajstić information content (AvgIpc) is 3.72. The molecule has 2 fully saturated rings. The van der Waals surface area contributed by atoms with Gasteiger partial charge in [-0.3, -0.25) is 14.5 Å². The van der Waals surface area contributed by atoms with E-state index in [0.29, 0.717) is 31.7 Å². The summed E-state index contributed by atoms with van der Waals surface area (Å²) in [5, 5.41) is 32.0. The Labute approximate surface area is 331 Å². The number of carbonyl (C=O) groups excluding carboxylic acids is 2. The lowest BCUT2D eigenvalue weighted by Gasteiger charge is -2.44. The van der Waals surface area contributed by atoms with Crippen LogP contribution in [0.3, 0.4) is 0 Å². The maximum absolute atomic E-state index is 14.4. The lowest BCUT2D eigenvalue weighted by Crippen LogP contribution is -2.66. The molecule has 3 N–H and O–H groups in total. The third-order valence-electron chi connectivity index (χ3n) is 11.9. The van der Waals surface area contributed by atoms with E-state index in [4.69, 9.17) is 9.16 Å². The van der Waals surface area contributed by atoms with Gasteiger partial charge < -0.3 is 24.3 Å². The number of carbonyl (C=O) groups is 2. The summed E-state index contributed by atoms with van der Waals surface area (Å²) in [6, 6.07) is 34.7. The Morgan fingerprint density at radius 1 is 0.875 bits per heavy atom. The number of rotatable bonds is 13. The first-order valence-corrected chi connectivity index (χ1v) is 21.7. The molecule has 290 valence electrons. The monoisotopic (exact) mass is 769 g/mol. The van der Waals surface area contributed by atoms with Gasteiger partial charge in [0.2, 0.25) is 11.8 Å². The molecule has 4 aromatic rings. The minimum Gasteiger partial charge on any atom is -0.508 e. The highest BCUT2D eigenvalue weighted by Crippen LogP contribution is 2.51. The van der Waals surface area contributed by atoms with Gasteiger partial charge in [-0.2, -0.15) is 0 Å². The summed E-state index contributed by atoms with van der Waals surface area (Å²) >= 11 is 0. The first kappa shape index (κ1) is 39.6. The summed E-state index contributed by atoms with van der Waals surface area (Å²) in [6.45, 7) is 9.54. The minimum atomic E-state index is -2.96. The molecule has 0 saturated carbocycles. The van der Waals surface area contributed by atoms with Gasteiger partial charge in [-0.1, -0.05) is 131 Å². The zero-order chi connectivity index (χ0) is 39.6. The quantitative estimate of drug-likeness (QED) is 0.0852. The topological polar surface area (TPSA) is 117 Å². The predicted molar refractivity (Wildman–Crippen MR) is 224 cm³/mol. The van der Waals surface area contributed by atoms with Crippen LogP contribution in [0.2, 0.25) is 5.04 Å². The van der Waals surface area contributed by atoms with Gasteiger partial charge in [-0.25, -0.2) is 0 Å². The van der Waals surface area contributed by atoms with Crippen LogP contribution in [0.15, 0.2) is 126 Å². The largest absolute Gasteiger partial charge is 0.508 e. The van der Waals surface area contributed by atoms with Crippen molar-refractivity contribution < 1.29 is 33.9 Å². The van der Waals surface area contributed by atoms with Crippen molar-refractivity contribution in [3.8, 4) is 5.75 Å². The number of aromatic hydroxyl groups is 1. The van der Waals surface area contributed by atoms with Crippen LogP contribution in [-0.4, -0.2) is 61.7 Å². The van der Waals surface area contributed by atoms with Crippen LogP contribution in [-0.2, 0) is 18.8 Å². The Bertz CT molecular complexity index is 2070. The number of hydrogen-bond acceptors (Lipinski definition) is 7. The van der Waals surface area contributed by atoms with Crippen molar-refractivity contribution >= 4 is 54.8 Å².